The lowest BCUT2D eigenvalue weighted by atomic mass is 10.2. The zero-order valence-corrected chi connectivity index (χ0v) is 11.9. The molecule has 0 radical (unpaired) electrons. The van der Waals surface area contributed by atoms with Crippen molar-refractivity contribution in [1.82, 2.24) is 10.2 Å². The Morgan fingerprint density at radius 1 is 1.25 bits per heavy atom. The normalized spacial score (nSPS) is 21.9. The predicted octanol–water partition coefficient (Wildman–Crippen LogP) is 2.08. The van der Waals surface area contributed by atoms with E-state index in [0.29, 0.717) is 17.1 Å². The van der Waals surface area contributed by atoms with E-state index in [0.717, 1.165) is 25.8 Å². The zero-order valence-electron chi connectivity index (χ0n) is 11.1. The molecule has 0 bridgehead atoms. The maximum Gasteiger partial charge on any atom is 0.251 e. The Morgan fingerprint density at radius 3 is 2.75 bits per heavy atom. The van der Waals surface area contributed by atoms with Crippen LogP contribution in [0.25, 0.3) is 0 Å². The van der Waals surface area contributed by atoms with Crippen LogP contribution in [-0.4, -0.2) is 35.8 Å². The van der Waals surface area contributed by atoms with Crippen molar-refractivity contribution in [3.8, 4) is 0 Å². The first-order valence-corrected chi connectivity index (χ1v) is 7.36. The molecule has 1 N–H and O–H groups in total. The quantitative estimate of drug-likeness (QED) is 0.927. The number of nitrogens with one attached hydrogen (secondary N) is 1. The largest absolute Gasteiger partial charge is 0.347 e. The molecule has 1 aromatic rings. The topological polar surface area (TPSA) is 49.4 Å². The van der Waals surface area contributed by atoms with Crippen molar-refractivity contribution in [1.29, 1.82) is 0 Å². The summed E-state index contributed by atoms with van der Waals surface area (Å²) < 4.78 is 0. The van der Waals surface area contributed by atoms with Crippen LogP contribution in [0.5, 0.6) is 0 Å². The van der Waals surface area contributed by atoms with E-state index in [2.05, 4.69) is 5.32 Å². The lowest BCUT2D eigenvalue weighted by molar-refractivity contribution is -0.131. The molecule has 3 rings (SSSR count). The average Bonchev–Trinajstić information content (AvgIpc) is 3.18. The van der Waals surface area contributed by atoms with Crippen LogP contribution in [0.15, 0.2) is 24.3 Å². The average molecular weight is 293 g/mol. The Balaban J connectivity index is 1.56. The van der Waals surface area contributed by atoms with Crippen LogP contribution in [0, 0.1) is 5.92 Å². The summed E-state index contributed by atoms with van der Waals surface area (Å²) in [4.78, 5) is 25.9. The second kappa shape index (κ2) is 5.44. The number of carbonyl (C=O) groups excluding carboxylic acids is 2. The number of halogens is 1. The summed E-state index contributed by atoms with van der Waals surface area (Å²) >= 11 is 5.88. The number of amides is 2. The highest BCUT2D eigenvalue weighted by Crippen LogP contribution is 2.32. The van der Waals surface area contributed by atoms with E-state index in [1.165, 1.54) is 0 Å². The van der Waals surface area contributed by atoms with Crippen molar-refractivity contribution in [2.75, 3.05) is 13.1 Å². The number of nitrogens with zero attached hydrogens (tertiary/aromatic N) is 1. The molecule has 106 valence electrons. The first kappa shape index (κ1) is 13.4. The minimum atomic E-state index is -0.127. The molecule has 0 spiro atoms. The monoisotopic (exact) mass is 292 g/mol. The Bertz CT molecular complexity index is 542. The van der Waals surface area contributed by atoms with Crippen LogP contribution in [-0.2, 0) is 4.79 Å². The number of rotatable bonds is 3. The summed E-state index contributed by atoms with van der Waals surface area (Å²) in [5.41, 5.74) is 0.560. The molecular weight excluding hydrogens is 276 g/mol. The van der Waals surface area contributed by atoms with Gasteiger partial charge in [-0.1, -0.05) is 17.7 Å². The number of hydrogen-bond acceptors (Lipinski definition) is 2. The van der Waals surface area contributed by atoms with Crippen LogP contribution < -0.4 is 5.32 Å². The highest BCUT2D eigenvalue weighted by atomic mass is 35.5. The molecule has 1 aliphatic heterocycles. The molecule has 1 saturated heterocycles. The standard InChI is InChI=1S/C15H17ClN2O2/c16-12-3-1-2-11(8-12)14(19)17-13-6-7-18(9-13)15(20)10-4-5-10/h1-3,8,10,13H,4-7,9H2,(H,17,19). The third-order valence-corrected chi connectivity index (χ3v) is 4.08. The molecule has 5 heteroatoms. The maximum atomic E-state index is 12.1. The van der Waals surface area contributed by atoms with Gasteiger partial charge >= 0.3 is 0 Å². The van der Waals surface area contributed by atoms with Gasteiger partial charge in [-0.2, -0.15) is 0 Å². The van der Waals surface area contributed by atoms with Crippen molar-refractivity contribution in [2.45, 2.75) is 25.3 Å². The molecule has 1 atom stereocenters. The van der Waals surface area contributed by atoms with E-state index in [1.54, 1.807) is 24.3 Å². The van der Waals surface area contributed by atoms with Gasteiger partial charge in [0.1, 0.15) is 0 Å². The molecule has 4 nitrogen and oxygen atoms in total. The van der Waals surface area contributed by atoms with Gasteiger partial charge in [-0.15, -0.1) is 0 Å². The van der Waals surface area contributed by atoms with Gasteiger partial charge in [0.25, 0.3) is 5.91 Å². The van der Waals surface area contributed by atoms with E-state index in [-0.39, 0.29) is 23.8 Å². The zero-order chi connectivity index (χ0) is 14.1. The van der Waals surface area contributed by atoms with E-state index in [1.807, 2.05) is 4.90 Å². The van der Waals surface area contributed by atoms with Gasteiger partial charge in [0.15, 0.2) is 0 Å². The van der Waals surface area contributed by atoms with Crippen molar-refractivity contribution < 1.29 is 9.59 Å². The lowest BCUT2D eigenvalue weighted by Gasteiger charge is -2.17. The van der Waals surface area contributed by atoms with Gasteiger partial charge in [0.2, 0.25) is 5.91 Å². The molecule has 1 unspecified atom stereocenters. The molecule has 2 fully saturated rings. The molecule has 1 aliphatic carbocycles. The lowest BCUT2D eigenvalue weighted by Crippen LogP contribution is -2.38. The minimum absolute atomic E-state index is 0.0455. The summed E-state index contributed by atoms with van der Waals surface area (Å²) in [5, 5.41) is 3.53. The van der Waals surface area contributed by atoms with E-state index < -0.39 is 0 Å². The molecule has 2 aliphatic rings. The number of carbonyl (C=O) groups is 2. The van der Waals surface area contributed by atoms with Gasteiger partial charge in [-0.05, 0) is 37.5 Å². The Morgan fingerprint density at radius 2 is 2.05 bits per heavy atom. The minimum Gasteiger partial charge on any atom is -0.347 e. The first-order valence-electron chi connectivity index (χ1n) is 6.99. The molecule has 1 aromatic carbocycles. The van der Waals surface area contributed by atoms with Crippen molar-refractivity contribution in [3.63, 3.8) is 0 Å². The molecule has 2 amide bonds. The fourth-order valence-corrected chi connectivity index (χ4v) is 2.76. The molecule has 0 aromatic heterocycles. The summed E-state index contributed by atoms with van der Waals surface area (Å²) in [6.45, 7) is 1.37. The van der Waals surface area contributed by atoms with E-state index in [4.69, 9.17) is 11.6 Å². The summed E-state index contributed by atoms with van der Waals surface area (Å²) in [7, 11) is 0. The predicted molar refractivity (Wildman–Crippen MR) is 76.6 cm³/mol. The number of hydrogen-bond donors (Lipinski definition) is 1. The van der Waals surface area contributed by atoms with Gasteiger partial charge in [0, 0.05) is 35.6 Å². The fourth-order valence-electron chi connectivity index (χ4n) is 2.57. The van der Waals surface area contributed by atoms with Gasteiger partial charge in [-0.3, -0.25) is 9.59 Å². The highest BCUT2D eigenvalue weighted by Gasteiger charge is 2.36. The third kappa shape index (κ3) is 2.96. The van der Waals surface area contributed by atoms with Crippen molar-refractivity contribution >= 4 is 23.4 Å². The van der Waals surface area contributed by atoms with Crippen LogP contribution in [0.3, 0.4) is 0 Å². The third-order valence-electron chi connectivity index (χ3n) is 3.85. The molecule has 20 heavy (non-hydrogen) atoms. The summed E-state index contributed by atoms with van der Waals surface area (Å²) in [6.07, 6.45) is 2.87. The Labute approximate surface area is 123 Å². The summed E-state index contributed by atoms with van der Waals surface area (Å²) in [6, 6.07) is 6.94. The molecule has 1 heterocycles. The number of likely N-dealkylation sites (tertiary alicyclic amines) is 1. The van der Waals surface area contributed by atoms with Gasteiger partial charge in [-0.25, -0.2) is 0 Å². The second-order valence-corrected chi connectivity index (χ2v) is 5.96. The van der Waals surface area contributed by atoms with Crippen molar-refractivity contribution in [2.24, 2.45) is 5.92 Å². The molecular formula is C15H17ClN2O2. The van der Waals surface area contributed by atoms with E-state index in [9.17, 15) is 9.59 Å². The highest BCUT2D eigenvalue weighted by molar-refractivity contribution is 6.30. The van der Waals surface area contributed by atoms with Gasteiger partial charge in [0.05, 0.1) is 0 Å². The fraction of sp³-hybridized carbons (Fsp3) is 0.467. The maximum absolute atomic E-state index is 12.1. The van der Waals surface area contributed by atoms with Gasteiger partial charge < -0.3 is 10.2 Å². The van der Waals surface area contributed by atoms with Crippen LogP contribution >= 0.6 is 11.6 Å². The smallest absolute Gasteiger partial charge is 0.251 e. The second-order valence-electron chi connectivity index (χ2n) is 5.53. The van der Waals surface area contributed by atoms with Crippen molar-refractivity contribution in [3.05, 3.63) is 34.9 Å². The summed E-state index contributed by atoms with van der Waals surface area (Å²) in [5.74, 6) is 0.375. The van der Waals surface area contributed by atoms with Crippen LogP contribution in [0.4, 0.5) is 0 Å². The SMILES string of the molecule is O=C(NC1CCN(C(=O)C2CC2)C1)c1cccc(Cl)c1. The number of benzene rings is 1. The molecule has 1 saturated carbocycles. The Kier molecular flexibility index (Phi) is 3.66. The van der Waals surface area contributed by atoms with Crippen LogP contribution in [0.1, 0.15) is 29.6 Å². The first-order chi connectivity index (χ1) is 9.63. The van der Waals surface area contributed by atoms with E-state index >= 15 is 0 Å². The Hall–Kier alpha value is -1.55. The van der Waals surface area contributed by atoms with Crippen LogP contribution in [0.2, 0.25) is 5.02 Å².